The van der Waals surface area contributed by atoms with Crippen LogP contribution in [0.25, 0.3) is 0 Å². The topological polar surface area (TPSA) is 59.8 Å². The molecule has 4 rings (SSSR count). The summed E-state index contributed by atoms with van der Waals surface area (Å²) in [6, 6.07) is 5.21. The lowest BCUT2D eigenvalue weighted by Crippen LogP contribution is -2.38. The number of benzene rings is 1. The molecule has 0 fully saturated rings. The molecule has 1 aliphatic carbocycles. The molecule has 1 aromatic carbocycles. The Kier molecular flexibility index (Phi) is 4.52. The first kappa shape index (κ1) is 16.9. The van der Waals surface area contributed by atoms with Gasteiger partial charge in [-0.3, -0.25) is 4.79 Å². The van der Waals surface area contributed by atoms with Gasteiger partial charge in [0.1, 0.15) is 5.78 Å². The first-order chi connectivity index (χ1) is 12.1. The number of Topliss-reactive ketones (excluding diaryl/α,β-unsaturated/α-hetero) is 1. The summed E-state index contributed by atoms with van der Waals surface area (Å²) in [6.45, 7) is 2.06. The molecule has 130 valence electrons. The summed E-state index contributed by atoms with van der Waals surface area (Å²) in [5.74, 6) is 1.43. The summed E-state index contributed by atoms with van der Waals surface area (Å²) in [5, 5.41) is 9.57. The summed E-state index contributed by atoms with van der Waals surface area (Å²) in [5.41, 5.74) is 1.81. The number of fused-ring (bicyclic) bond motifs is 2. The minimum absolute atomic E-state index is 0.201. The number of carbonyl (C=O) groups is 1. The number of anilines is 1. The van der Waals surface area contributed by atoms with E-state index in [2.05, 4.69) is 28.4 Å². The number of allylic oxidation sites excluding steroid dienone is 2. The molecular weight excluding hydrogens is 379 g/mol. The van der Waals surface area contributed by atoms with Crippen molar-refractivity contribution in [3.8, 4) is 0 Å². The molecule has 0 bridgehead atoms. The monoisotopic (exact) mass is 394 g/mol. The second kappa shape index (κ2) is 6.67. The molecule has 5 nitrogen and oxygen atoms in total. The van der Waals surface area contributed by atoms with E-state index >= 15 is 0 Å². The Morgan fingerprint density at radius 1 is 1.36 bits per heavy atom. The SMILES string of the molecule is CCSc1nc2n(n1)[C@H](c1ccc(Cl)c(Cl)c1)[C@H]1C(=O)CCC=C1N2. The number of hydrogen-bond donors (Lipinski definition) is 1. The summed E-state index contributed by atoms with van der Waals surface area (Å²) >= 11 is 13.9. The standard InChI is InChI=1S/C17H16Cl2N4OS/c1-2-25-17-21-16-20-12-4-3-5-13(24)14(12)15(23(16)22-17)9-6-7-10(18)11(19)8-9/h4,6-8,14-15H,2-3,5H2,1H3,(H,20,21,22)/t14-,15-/m1/s1. The third kappa shape index (κ3) is 2.96. The second-order valence-electron chi connectivity index (χ2n) is 5.98. The van der Waals surface area contributed by atoms with E-state index in [1.807, 2.05) is 16.8 Å². The average molecular weight is 395 g/mol. The molecule has 2 aromatic rings. The zero-order valence-electron chi connectivity index (χ0n) is 13.5. The van der Waals surface area contributed by atoms with E-state index in [1.165, 1.54) is 0 Å². The number of halogens is 2. The molecule has 2 atom stereocenters. The van der Waals surface area contributed by atoms with Gasteiger partial charge in [0.15, 0.2) is 0 Å². The Balaban J connectivity index is 1.88. The van der Waals surface area contributed by atoms with Crippen LogP contribution >= 0.6 is 35.0 Å². The summed E-state index contributed by atoms with van der Waals surface area (Å²) < 4.78 is 1.81. The van der Waals surface area contributed by atoms with Gasteiger partial charge in [-0.05, 0) is 29.9 Å². The summed E-state index contributed by atoms with van der Waals surface area (Å²) in [7, 11) is 0. The maximum absolute atomic E-state index is 12.7. The molecule has 0 saturated heterocycles. The van der Waals surface area contributed by atoms with Crippen molar-refractivity contribution in [3.63, 3.8) is 0 Å². The predicted octanol–water partition coefficient (Wildman–Crippen LogP) is 4.57. The molecule has 0 amide bonds. The number of ketones is 1. The number of nitrogens with zero attached hydrogens (tertiary/aromatic N) is 3. The Bertz CT molecular complexity index is 880. The number of rotatable bonds is 3. The van der Waals surface area contributed by atoms with Crippen LogP contribution in [0.4, 0.5) is 5.95 Å². The Labute approximate surface area is 159 Å². The number of aromatic nitrogens is 3. The molecule has 0 radical (unpaired) electrons. The average Bonchev–Trinajstić information content (AvgIpc) is 2.98. The molecule has 2 heterocycles. The third-order valence-corrected chi connectivity index (χ3v) is 5.90. The molecule has 1 N–H and O–H groups in total. The van der Waals surface area contributed by atoms with E-state index in [4.69, 9.17) is 23.2 Å². The highest BCUT2D eigenvalue weighted by Crippen LogP contribution is 2.42. The fourth-order valence-corrected chi connectivity index (χ4v) is 4.24. The maximum Gasteiger partial charge on any atom is 0.227 e. The van der Waals surface area contributed by atoms with Crippen LogP contribution in [0.15, 0.2) is 35.1 Å². The smallest absolute Gasteiger partial charge is 0.227 e. The van der Waals surface area contributed by atoms with Crippen molar-refractivity contribution in [3.05, 3.63) is 45.6 Å². The summed E-state index contributed by atoms with van der Waals surface area (Å²) in [4.78, 5) is 17.3. The highest BCUT2D eigenvalue weighted by Gasteiger charge is 2.41. The Hall–Kier alpha value is -1.50. The fourth-order valence-electron chi connectivity index (χ4n) is 3.37. The van der Waals surface area contributed by atoms with Crippen LogP contribution in [0, 0.1) is 5.92 Å². The number of hydrogen-bond acceptors (Lipinski definition) is 5. The van der Waals surface area contributed by atoms with E-state index in [9.17, 15) is 4.79 Å². The maximum atomic E-state index is 12.7. The van der Waals surface area contributed by atoms with Gasteiger partial charge in [-0.1, -0.05) is 54.0 Å². The predicted molar refractivity (Wildman–Crippen MR) is 100 cm³/mol. The van der Waals surface area contributed by atoms with Gasteiger partial charge in [-0.2, -0.15) is 4.98 Å². The van der Waals surface area contributed by atoms with E-state index in [-0.39, 0.29) is 17.7 Å². The fraction of sp³-hybridized carbons (Fsp3) is 0.353. The van der Waals surface area contributed by atoms with Gasteiger partial charge in [0, 0.05) is 12.1 Å². The van der Waals surface area contributed by atoms with Crippen molar-refractivity contribution >= 4 is 46.7 Å². The first-order valence-corrected chi connectivity index (χ1v) is 9.86. The normalized spacial score (nSPS) is 22.0. The van der Waals surface area contributed by atoms with Crippen molar-refractivity contribution in [2.75, 3.05) is 11.1 Å². The molecule has 2 aliphatic rings. The lowest BCUT2D eigenvalue weighted by molar-refractivity contribution is -0.123. The molecule has 8 heteroatoms. The van der Waals surface area contributed by atoms with Crippen molar-refractivity contribution < 1.29 is 4.79 Å². The van der Waals surface area contributed by atoms with Gasteiger partial charge in [0.2, 0.25) is 11.1 Å². The zero-order valence-corrected chi connectivity index (χ0v) is 15.8. The third-order valence-electron chi connectivity index (χ3n) is 4.44. The highest BCUT2D eigenvalue weighted by molar-refractivity contribution is 7.99. The van der Waals surface area contributed by atoms with Crippen LogP contribution in [-0.4, -0.2) is 26.3 Å². The Morgan fingerprint density at radius 2 is 2.20 bits per heavy atom. The van der Waals surface area contributed by atoms with E-state index in [1.54, 1.807) is 17.8 Å². The Morgan fingerprint density at radius 3 is 2.96 bits per heavy atom. The lowest BCUT2D eigenvalue weighted by Gasteiger charge is -2.36. The highest BCUT2D eigenvalue weighted by atomic mass is 35.5. The van der Waals surface area contributed by atoms with Crippen LogP contribution in [0.3, 0.4) is 0 Å². The molecule has 0 spiro atoms. The van der Waals surface area contributed by atoms with Gasteiger partial charge < -0.3 is 5.32 Å². The van der Waals surface area contributed by atoms with E-state index < -0.39 is 0 Å². The molecule has 25 heavy (non-hydrogen) atoms. The van der Waals surface area contributed by atoms with Crippen LogP contribution in [-0.2, 0) is 4.79 Å². The van der Waals surface area contributed by atoms with Crippen LogP contribution in [0.1, 0.15) is 31.4 Å². The van der Waals surface area contributed by atoms with E-state index in [0.29, 0.717) is 27.6 Å². The zero-order chi connectivity index (χ0) is 17.6. The number of carbonyl (C=O) groups excluding carboxylic acids is 1. The second-order valence-corrected chi connectivity index (χ2v) is 8.03. The minimum atomic E-state index is -0.306. The lowest BCUT2D eigenvalue weighted by atomic mass is 9.81. The van der Waals surface area contributed by atoms with Crippen LogP contribution in [0.2, 0.25) is 10.0 Å². The van der Waals surface area contributed by atoms with Gasteiger partial charge in [-0.15, -0.1) is 5.10 Å². The number of nitrogens with one attached hydrogen (secondary N) is 1. The minimum Gasteiger partial charge on any atom is -0.328 e. The van der Waals surface area contributed by atoms with Crippen molar-refractivity contribution in [2.45, 2.75) is 31.0 Å². The summed E-state index contributed by atoms with van der Waals surface area (Å²) in [6.07, 6.45) is 3.37. The number of thioether (sulfide) groups is 1. The van der Waals surface area contributed by atoms with Gasteiger partial charge in [-0.25, -0.2) is 4.68 Å². The van der Waals surface area contributed by atoms with Gasteiger partial charge in [0.25, 0.3) is 0 Å². The molecule has 1 aromatic heterocycles. The first-order valence-electron chi connectivity index (χ1n) is 8.12. The van der Waals surface area contributed by atoms with Gasteiger partial charge in [0.05, 0.1) is 22.0 Å². The van der Waals surface area contributed by atoms with E-state index in [0.717, 1.165) is 23.4 Å². The van der Waals surface area contributed by atoms with Crippen LogP contribution < -0.4 is 5.32 Å². The molecule has 0 unspecified atom stereocenters. The largest absolute Gasteiger partial charge is 0.328 e. The quantitative estimate of drug-likeness (QED) is 0.772. The molecular formula is C17H16Cl2N4OS. The van der Waals surface area contributed by atoms with Crippen molar-refractivity contribution in [1.82, 2.24) is 14.8 Å². The molecule has 0 saturated carbocycles. The van der Waals surface area contributed by atoms with Crippen molar-refractivity contribution in [1.29, 1.82) is 0 Å². The van der Waals surface area contributed by atoms with Crippen molar-refractivity contribution in [2.24, 2.45) is 5.92 Å². The molecule has 1 aliphatic heterocycles. The van der Waals surface area contributed by atoms with Crippen LogP contribution in [0.5, 0.6) is 0 Å². The van der Waals surface area contributed by atoms with Gasteiger partial charge >= 0.3 is 0 Å².